The van der Waals surface area contributed by atoms with E-state index in [0.29, 0.717) is 17.2 Å². The van der Waals surface area contributed by atoms with Gasteiger partial charge in [-0.25, -0.2) is 0 Å². The Balaban J connectivity index is 1.42. The second-order valence-electron chi connectivity index (χ2n) is 9.88. The quantitative estimate of drug-likeness (QED) is 0.140. The zero-order chi connectivity index (χ0) is 29.2. The number of carbonyl (C=O) groups excluding carboxylic acids is 3. The van der Waals surface area contributed by atoms with Gasteiger partial charge in [-0.2, -0.15) is 0 Å². The van der Waals surface area contributed by atoms with Crippen molar-refractivity contribution in [3.63, 3.8) is 0 Å². The zero-order valence-electron chi connectivity index (χ0n) is 23.3. The van der Waals surface area contributed by atoms with E-state index >= 15 is 0 Å². The highest BCUT2D eigenvalue weighted by Crippen LogP contribution is 2.22. The van der Waals surface area contributed by atoms with Crippen LogP contribution < -0.4 is 16.0 Å². The van der Waals surface area contributed by atoms with Crippen LogP contribution in [-0.2, 0) is 9.59 Å². The van der Waals surface area contributed by atoms with Crippen molar-refractivity contribution in [2.24, 2.45) is 0 Å². The van der Waals surface area contributed by atoms with Gasteiger partial charge in [-0.15, -0.1) is 11.8 Å². The van der Waals surface area contributed by atoms with Crippen molar-refractivity contribution in [3.8, 4) is 0 Å². The van der Waals surface area contributed by atoms with Crippen LogP contribution in [0.25, 0.3) is 6.08 Å². The Bertz CT molecular complexity index is 1530. The summed E-state index contributed by atoms with van der Waals surface area (Å²) in [5.41, 5.74) is 4.98. The minimum atomic E-state index is -0.444. The van der Waals surface area contributed by atoms with Gasteiger partial charge in [0.15, 0.2) is 0 Å². The molecule has 41 heavy (non-hydrogen) atoms. The molecule has 0 aliphatic carbocycles. The second kappa shape index (κ2) is 14.1. The topological polar surface area (TPSA) is 87.3 Å². The van der Waals surface area contributed by atoms with Crippen LogP contribution in [0.5, 0.6) is 0 Å². The van der Waals surface area contributed by atoms with Crippen molar-refractivity contribution < 1.29 is 14.4 Å². The molecule has 0 aliphatic heterocycles. The predicted molar refractivity (Wildman–Crippen MR) is 168 cm³/mol. The van der Waals surface area contributed by atoms with Crippen LogP contribution in [0.1, 0.15) is 46.8 Å². The van der Waals surface area contributed by atoms with E-state index in [1.165, 1.54) is 17.3 Å². The summed E-state index contributed by atoms with van der Waals surface area (Å²) in [6, 6.07) is 31.5. The summed E-state index contributed by atoms with van der Waals surface area (Å²) >= 11 is 1.40. The normalized spacial score (nSPS) is 11.2. The summed E-state index contributed by atoms with van der Waals surface area (Å²) in [5, 5.41) is 8.54. The van der Waals surface area contributed by atoms with Crippen molar-refractivity contribution in [2.75, 3.05) is 16.4 Å². The Morgan fingerprint density at radius 1 is 0.780 bits per heavy atom. The predicted octanol–water partition coefficient (Wildman–Crippen LogP) is 7.26. The highest BCUT2D eigenvalue weighted by molar-refractivity contribution is 8.00. The standard InChI is InChI=1S/C34H33N3O3S/c1-23(2)26-14-12-25(13-15-26)21-31(37-33(39)27-9-5-4-6-10-27)34(40)36-28-16-18-30(19-17-28)41-22-32(38)35-29-11-7-8-24(3)20-29/h4-21,23H,22H2,1-3H3,(H,35,38)(H,36,40)(H,37,39)/b31-21-. The summed E-state index contributed by atoms with van der Waals surface area (Å²) < 4.78 is 0. The lowest BCUT2D eigenvalue weighted by molar-refractivity contribution is -0.114. The Morgan fingerprint density at radius 3 is 2.15 bits per heavy atom. The van der Waals surface area contributed by atoms with Crippen LogP contribution in [0.4, 0.5) is 11.4 Å². The highest BCUT2D eigenvalue weighted by Gasteiger charge is 2.15. The average Bonchev–Trinajstić information content (AvgIpc) is 2.97. The minimum Gasteiger partial charge on any atom is -0.325 e. The van der Waals surface area contributed by atoms with Gasteiger partial charge in [-0.05, 0) is 84.1 Å². The molecule has 0 heterocycles. The molecule has 0 bridgehead atoms. The van der Waals surface area contributed by atoms with Crippen LogP contribution in [0.15, 0.2) is 114 Å². The van der Waals surface area contributed by atoms with Crippen LogP contribution in [0.3, 0.4) is 0 Å². The van der Waals surface area contributed by atoms with Gasteiger partial charge >= 0.3 is 0 Å². The van der Waals surface area contributed by atoms with E-state index in [2.05, 4.69) is 29.8 Å². The molecule has 0 aliphatic rings. The van der Waals surface area contributed by atoms with Gasteiger partial charge in [0.1, 0.15) is 5.70 Å². The molecule has 3 N–H and O–H groups in total. The number of benzene rings is 4. The molecule has 0 aromatic heterocycles. The number of aryl methyl sites for hydroxylation is 1. The molecule has 0 saturated carbocycles. The van der Waals surface area contributed by atoms with Gasteiger partial charge in [-0.3, -0.25) is 14.4 Å². The molecule has 0 unspecified atom stereocenters. The lowest BCUT2D eigenvalue weighted by Crippen LogP contribution is -2.30. The fourth-order valence-corrected chi connectivity index (χ4v) is 4.69. The van der Waals surface area contributed by atoms with Crippen molar-refractivity contribution in [1.82, 2.24) is 5.32 Å². The number of amides is 3. The lowest BCUT2D eigenvalue weighted by Gasteiger charge is -2.12. The molecule has 3 amide bonds. The summed E-state index contributed by atoms with van der Waals surface area (Å²) in [6.07, 6.45) is 1.66. The summed E-state index contributed by atoms with van der Waals surface area (Å²) in [5.74, 6) is -0.268. The lowest BCUT2D eigenvalue weighted by atomic mass is 10.0. The number of hydrogen-bond donors (Lipinski definition) is 3. The van der Waals surface area contributed by atoms with Gasteiger partial charge < -0.3 is 16.0 Å². The van der Waals surface area contributed by atoms with E-state index in [4.69, 9.17) is 0 Å². The Hall–Kier alpha value is -4.62. The smallest absolute Gasteiger partial charge is 0.272 e. The number of hydrogen-bond acceptors (Lipinski definition) is 4. The van der Waals surface area contributed by atoms with E-state index in [1.54, 1.807) is 42.5 Å². The first-order valence-corrected chi connectivity index (χ1v) is 14.3. The molecule has 7 heteroatoms. The summed E-state index contributed by atoms with van der Waals surface area (Å²) in [7, 11) is 0. The third kappa shape index (κ3) is 8.95. The van der Waals surface area contributed by atoms with Gasteiger partial charge in [-0.1, -0.05) is 68.4 Å². The van der Waals surface area contributed by atoms with Crippen molar-refractivity contribution in [1.29, 1.82) is 0 Å². The molecule has 0 spiro atoms. The Kier molecular flexibility index (Phi) is 10.1. The molecule has 0 fully saturated rings. The molecule has 6 nitrogen and oxygen atoms in total. The maximum atomic E-state index is 13.3. The molecular weight excluding hydrogens is 530 g/mol. The van der Waals surface area contributed by atoms with E-state index < -0.39 is 5.91 Å². The second-order valence-corrected chi connectivity index (χ2v) is 10.9. The van der Waals surface area contributed by atoms with E-state index in [0.717, 1.165) is 21.7 Å². The number of nitrogens with one attached hydrogen (secondary N) is 3. The van der Waals surface area contributed by atoms with Crippen LogP contribution in [0.2, 0.25) is 0 Å². The Labute approximate surface area is 245 Å². The van der Waals surface area contributed by atoms with Crippen molar-refractivity contribution >= 4 is 46.9 Å². The molecule has 4 aromatic rings. The fourth-order valence-electron chi connectivity index (χ4n) is 3.99. The first-order valence-electron chi connectivity index (χ1n) is 13.4. The summed E-state index contributed by atoms with van der Waals surface area (Å²) in [6.45, 7) is 6.21. The van der Waals surface area contributed by atoms with Crippen molar-refractivity contribution in [3.05, 3.63) is 131 Å². The third-order valence-electron chi connectivity index (χ3n) is 6.23. The fraction of sp³-hybridized carbons (Fsp3) is 0.147. The number of carbonyl (C=O) groups is 3. The van der Waals surface area contributed by atoms with Crippen LogP contribution in [0, 0.1) is 6.92 Å². The number of thioether (sulfide) groups is 1. The Morgan fingerprint density at radius 2 is 1.49 bits per heavy atom. The molecule has 4 rings (SSSR count). The molecule has 0 atom stereocenters. The van der Waals surface area contributed by atoms with E-state index in [1.807, 2.05) is 73.7 Å². The van der Waals surface area contributed by atoms with Gasteiger partial charge in [0.25, 0.3) is 11.8 Å². The zero-order valence-corrected chi connectivity index (χ0v) is 24.1. The number of rotatable bonds is 10. The third-order valence-corrected chi connectivity index (χ3v) is 7.24. The van der Waals surface area contributed by atoms with Gasteiger partial charge in [0.05, 0.1) is 5.75 Å². The molecule has 208 valence electrons. The first kappa shape index (κ1) is 29.4. The maximum Gasteiger partial charge on any atom is 0.272 e. The molecule has 0 radical (unpaired) electrons. The van der Waals surface area contributed by atoms with Gasteiger partial charge in [0, 0.05) is 21.8 Å². The SMILES string of the molecule is Cc1cccc(NC(=O)CSc2ccc(NC(=O)/C(=C/c3ccc(C(C)C)cc3)NC(=O)c3ccccc3)cc2)c1. The molecule has 0 saturated heterocycles. The molecule has 4 aromatic carbocycles. The molecular formula is C34H33N3O3S. The monoisotopic (exact) mass is 563 g/mol. The minimum absolute atomic E-state index is 0.0941. The van der Waals surface area contributed by atoms with E-state index in [9.17, 15) is 14.4 Å². The highest BCUT2D eigenvalue weighted by atomic mass is 32.2. The van der Waals surface area contributed by atoms with Gasteiger partial charge in [0.2, 0.25) is 5.91 Å². The average molecular weight is 564 g/mol. The van der Waals surface area contributed by atoms with Crippen LogP contribution in [-0.4, -0.2) is 23.5 Å². The summed E-state index contributed by atoms with van der Waals surface area (Å²) in [4.78, 5) is 39.4. The largest absolute Gasteiger partial charge is 0.325 e. The van der Waals surface area contributed by atoms with Crippen LogP contribution >= 0.6 is 11.8 Å². The first-order chi connectivity index (χ1) is 19.8. The number of anilines is 2. The van der Waals surface area contributed by atoms with Crippen molar-refractivity contribution in [2.45, 2.75) is 31.6 Å². The van der Waals surface area contributed by atoms with E-state index in [-0.39, 0.29) is 23.3 Å². The maximum absolute atomic E-state index is 13.3.